The Balaban J connectivity index is 3.10. The summed E-state index contributed by atoms with van der Waals surface area (Å²) in [6, 6.07) is 6.55. The van der Waals surface area contributed by atoms with Crippen LogP contribution in [0.1, 0.15) is 11.1 Å². The molecule has 0 saturated heterocycles. The van der Waals surface area contributed by atoms with Crippen LogP contribution in [0.4, 0.5) is 4.39 Å². The fourth-order valence-electron chi connectivity index (χ4n) is 0.936. The second kappa shape index (κ2) is 4.78. The molecular weight excluding hydrogens is 233 g/mol. The molecule has 0 radical (unpaired) electrons. The molecule has 0 saturated carbocycles. The van der Waals surface area contributed by atoms with Crippen molar-refractivity contribution in [2.75, 3.05) is 5.33 Å². The lowest BCUT2D eigenvalue weighted by Crippen LogP contribution is -1.87. The molecule has 3 heteroatoms. The second-order valence-corrected chi connectivity index (χ2v) is 3.02. The number of halogens is 2. The molecule has 0 amide bonds. The number of allylic oxidation sites excluding steroid dienone is 1. The first-order chi connectivity index (χ1) is 6.29. The maximum Gasteiger partial charge on any atom is 0.148 e. The number of rotatable bonds is 2. The average molecular weight is 240 g/mol. The lowest BCUT2D eigenvalue weighted by Gasteiger charge is -1.97. The molecule has 1 nitrogen and oxygen atoms in total. The Labute approximate surface area is 84.6 Å². The van der Waals surface area contributed by atoms with Crippen molar-refractivity contribution in [3.05, 3.63) is 41.2 Å². The summed E-state index contributed by atoms with van der Waals surface area (Å²) in [4.78, 5) is 0. The number of nitriles is 1. The Morgan fingerprint density at radius 1 is 1.54 bits per heavy atom. The van der Waals surface area contributed by atoms with Gasteiger partial charge in [-0.1, -0.05) is 40.2 Å². The zero-order valence-corrected chi connectivity index (χ0v) is 8.38. The molecule has 0 fully saturated rings. The molecule has 0 heterocycles. The number of nitrogens with zero attached hydrogens (tertiary/aromatic N) is 1. The Hall–Kier alpha value is -1.14. The van der Waals surface area contributed by atoms with E-state index in [1.165, 1.54) is 6.07 Å². The fraction of sp³-hybridized carbons (Fsp3) is 0.100. The Morgan fingerprint density at radius 3 is 2.92 bits per heavy atom. The number of hydrogen-bond acceptors (Lipinski definition) is 1. The molecule has 0 unspecified atom stereocenters. The molecule has 0 bridgehead atoms. The third-order valence-corrected chi connectivity index (χ3v) is 1.91. The van der Waals surface area contributed by atoms with Crippen LogP contribution in [-0.2, 0) is 0 Å². The van der Waals surface area contributed by atoms with Crippen molar-refractivity contribution in [2.24, 2.45) is 0 Å². The third kappa shape index (κ3) is 2.40. The second-order valence-electron chi connectivity index (χ2n) is 2.38. The summed E-state index contributed by atoms with van der Waals surface area (Å²) >= 11 is 3.19. The average Bonchev–Trinajstić information content (AvgIpc) is 2.16. The van der Waals surface area contributed by atoms with Gasteiger partial charge in [-0.2, -0.15) is 5.26 Å². The first-order valence-electron chi connectivity index (χ1n) is 3.70. The highest BCUT2D eigenvalue weighted by atomic mass is 79.9. The Bertz CT molecular complexity index is 366. The highest BCUT2D eigenvalue weighted by molar-refractivity contribution is 9.09. The molecular formula is C10H7BrFN. The molecule has 0 aliphatic heterocycles. The van der Waals surface area contributed by atoms with Crippen LogP contribution in [0.15, 0.2) is 24.3 Å². The normalized spacial score (nSPS) is 10.2. The molecule has 1 rings (SSSR count). The van der Waals surface area contributed by atoms with E-state index in [0.29, 0.717) is 10.9 Å². The lowest BCUT2D eigenvalue weighted by molar-refractivity contribution is 0.621. The lowest BCUT2D eigenvalue weighted by atomic mass is 10.1. The smallest absolute Gasteiger partial charge is 0.148 e. The molecule has 0 N–H and O–H groups in total. The van der Waals surface area contributed by atoms with Crippen molar-refractivity contribution >= 4 is 22.0 Å². The zero-order chi connectivity index (χ0) is 9.68. The first-order valence-corrected chi connectivity index (χ1v) is 4.83. The summed E-state index contributed by atoms with van der Waals surface area (Å²) in [5, 5.41) is 9.21. The third-order valence-electron chi connectivity index (χ3n) is 1.54. The predicted octanol–water partition coefficient (Wildman–Crippen LogP) is 3.11. The summed E-state index contributed by atoms with van der Waals surface area (Å²) in [5.41, 5.74) is 0.523. The van der Waals surface area contributed by atoms with Crippen LogP contribution in [0.2, 0.25) is 0 Å². The first kappa shape index (κ1) is 9.94. The summed E-state index contributed by atoms with van der Waals surface area (Å²) < 4.78 is 13.3. The van der Waals surface area contributed by atoms with E-state index in [-0.39, 0.29) is 5.56 Å². The molecule has 0 spiro atoms. The van der Waals surface area contributed by atoms with Crippen molar-refractivity contribution in [3.8, 4) is 6.07 Å². The van der Waals surface area contributed by atoms with Gasteiger partial charge in [0.1, 0.15) is 11.9 Å². The van der Waals surface area contributed by atoms with E-state index < -0.39 is 5.82 Å². The number of alkyl halides is 1. The van der Waals surface area contributed by atoms with Crippen LogP contribution < -0.4 is 0 Å². The van der Waals surface area contributed by atoms with Gasteiger partial charge in [0.25, 0.3) is 0 Å². The van der Waals surface area contributed by atoms with Gasteiger partial charge < -0.3 is 0 Å². The van der Waals surface area contributed by atoms with Gasteiger partial charge in [-0.3, -0.25) is 0 Å². The van der Waals surface area contributed by atoms with Crippen LogP contribution in [0.5, 0.6) is 0 Å². The van der Waals surface area contributed by atoms with E-state index in [0.717, 1.165) is 0 Å². The largest absolute Gasteiger partial charge is 0.205 e. The van der Waals surface area contributed by atoms with Crippen LogP contribution in [-0.4, -0.2) is 5.33 Å². The van der Waals surface area contributed by atoms with Gasteiger partial charge in [-0.05, 0) is 6.07 Å². The maximum absolute atomic E-state index is 13.3. The Morgan fingerprint density at radius 2 is 2.31 bits per heavy atom. The van der Waals surface area contributed by atoms with Crippen molar-refractivity contribution in [2.45, 2.75) is 0 Å². The molecule has 1 aromatic rings. The van der Waals surface area contributed by atoms with Crippen molar-refractivity contribution in [1.82, 2.24) is 0 Å². The van der Waals surface area contributed by atoms with Gasteiger partial charge in [0.2, 0.25) is 0 Å². The minimum atomic E-state index is -0.456. The minimum Gasteiger partial charge on any atom is -0.205 e. The molecule has 0 aromatic heterocycles. The molecule has 0 aliphatic rings. The van der Waals surface area contributed by atoms with Gasteiger partial charge >= 0.3 is 0 Å². The van der Waals surface area contributed by atoms with Gasteiger partial charge in [0, 0.05) is 10.9 Å². The molecule has 66 valence electrons. The molecule has 1 aromatic carbocycles. The van der Waals surface area contributed by atoms with Crippen molar-refractivity contribution < 1.29 is 4.39 Å². The highest BCUT2D eigenvalue weighted by Crippen LogP contribution is 2.13. The van der Waals surface area contributed by atoms with Crippen molar-refractivity contribution in [3.63, 3.8) is 0 Å². The van der Waals surface area contributed by atoms with E-state index in [9.17, 15) is 4.39 Å². The maximum atomic E-state index is 13.3. The summed E-state index contributed by atoms with van der Waals surface area (Å²) in [5.74, 6) is -0.456. The zero-order valence-electron chi connectivity index (χ0n) is 6.80. The highest BCUT2D eigenvalue weighted by Gasteiger charge is 2.03. The van der Waals surface area contributed by atoms with Gasteiger partial charge in [-0.15, -0.1) is 0 Å². The van der Waals surface area contributed by atoms with Crippen LogP contribution >= 0.6 is 15.9 Å². The minimum absolute atomic E-state index is 0.0803. The molecule has 0 atom stereocenters. The number of benzene rings is 1. The summed E-state index contributed by atoms with van der Waals surface area (Å²) in [6.07, 6.45) is 3.42. The monoisotopic (exact) mass is 239 g/mol. The number of hydrogen-bond donors (Lipinski definition) is 0. The van der Waals surface area contributed by atoms with E-state index in [2.05, 4.69) is 15.9 Å². The quantitative estimate of drug-likeness (QED) is 0.728. The Kier molecular flexibility index (Phi) is 3.66. The van der Waals surface area contributed by atoms with E-state index in [1.807, 2.05) is 0 Å². The topological polar surface area (TPSA) is 23.8 Å². The summed E-state index contributed by atoms with van der Waals surface area (Å²) in [6.45, 7) is 0. The fourth-order valence-corrected chi connectivity index (χ4v) is 1.12. The van der Waals surface area contributed by atoms with Gasteiger partial charge in [0.05, 0.1) is 5.56 Å². The van der Waals surface area contributed by atoms with Crippen LogP contribution in [0, 0.1) is 17.1 Å². The van der Waals surface area contributed by atoms with Gasteiger partial charge in [0.15, 0.2) is 0 Å². The van der Waals surface area contributed by atoms with Crippen LogP contribution in [0.25, 0.3) is 6.08 Å². The van der Waals surface area contributed by atoms with Crippen LogP contribution in [0.3, 0.4) is 0 Å². The SMILES string of the molecule is N#Cc1cccc(C=CCBr)c1F. The van der Waals surface area contributed by atoms with Crippen molar-refractivity contribution in [1.29, 1.82) is 5.26 Å². The molecule has 0 aliphatic carbocycles. The summed E-state index contributed by atoms with van der Waals surface area (Å²) in [7, 11) is 0. The molecule has 13 heavy (non-hydrogen) atoms. The van der Waals surface area contributed by atoms with Gasteiger partial charge in [-0.25, -0.2) is 4.39 Å². The predicted molar refractivity (Wildman–Crippen MR) is 53.9 cm³/mol. The van der Waals surface area contributed by atoms with E-state index in [1.54, 1.807) is 30.4 Å². The van der Waals surface area contributed by atoms with E-state index in [4.69, 9.17) is 5.26 Å². The van der Waals surface area contributed by atoms with E-state index >= 15 is 0 Å². The standard InChI is InChI=1S/C10H7BrFN/c11-6-2-5-8-3-1-4-9(7-13)10(8)12/h1-5H,6H2.